The van der Waals surface area contributed by atoms with E-state index in [1.54, 1.807) is 0 Å². The Morgan fingerprint density at radius 1 is 0.396 bits per heavy atom. The molecule has 0 fully saturated rings. The molecular formula is C45H33N3. The fourth-order valence-corrected chi connectivity index (χ4v) is 7.62. The topological polar surface area (TPSA) is 38.7 Å². The lowest BCUT2D eigenvalue weighted by Crippen LogP contribution is -2.14. The van der Waals surface area contributed by atoms with Gasteiger partial charge in [0.25, 0.3) is 0 Å². The van der Waals surface area contributed by atoms with Crippen molar-refractivity contribution in [2.24, 2.45) is 0 Å². The highest BCUT2D eigenvalue weighted by atomic mass is 15.0. The summed E-state index contributed by atoms with van der Waals surface area (Å²) in [6, 6.07) is 51.8. The zero-order chi connectivity index (χ0) is 32.4. The van der Waals surface area contributed by atoms with Crippen molar-refractivity contribution >= 4 is 21.5 Å². The Morgan fingerprint density at radius 3 is 1.62 bits per heavy atom. The van der Waals surface area contributed by atoms with Crippen LogP contribution >= 0.6 is 0 Å². The smallest absolute Gasteiger partial charge is 0.165 e. The van der Waals surface area contributed by atoms with Crippen molar-refractivity contribution < 1.29 is 0 Å². The van der Waals surface area contributed by atoms with Crippen LogP contribution in [0.1, 0.15) is 30.5 Å². The molecular weight excluding hydrogens is 583 g/mol. The maximum atomic E-state index is 5.19. The molecule has 0 saturated heterocycles. The van der Waals surface area contributed by atoms with Crippen molar-refractivity contribution in [3.05, 3.63) is 162 Å². The van der Waals surface area contributed by atoms with Crippen molar-refractivity contribution in [1.82, 2.24) is 15.0 Å². The van der Waals surface area contributed by atoms with Gasteiger partial charge in [0, 0.05) is 22.1 Å². The molecule has 9 rings (SSSR count). The van der Waals surface area contributed by atoms with E-state index in [2.05, 4.69) is 130 Å². The molecule has 0 saturated carbocycles. The molecule has 0 bridgehead atoms. The van der Waals surface area contributed by atoms with Crippen LogP contribution in [0, 0.1) is 6.92 Å². The molecule has 1 aliphatic rings. The maximum absolute atomic E-state index is 5.19. The Bertz CT molecular complexity index is 2470. The average Bonchev–Trinajstić information content (AvgIpc) is 3.36. The molecule has 0 spiro atoms. The minimum atomic E-state index is -0.0873. The lowest BCUT2D eigenvalue weighted by molar-refractivity contribution is 0.660. The zero-order valence-corrected chi connectivity index (χ0v) is 27.2. The summed E-state index contributed by atoms with van der Waals surface area (Å²) in [6.45, 7) is 6.87. The van der Waals surface area contributed by atoms with Gasteiger partial charge in [0.1, 0.15) is 0 Å². The number of fused-ring (bicyclic) bond motifs is 5. The predicted molar refractivity (Wildman–Crippen MR) is 199 cm³/mol. The first-order chi connectivity index (χ1) is 23.5. The van der Waals surface area contributed by atoms with Gasteiger partial charge in [0.2, 0.25) is 0 Å². The molecule has 3 nitrogen and oxygen atoms in total. The summed E-state index contributed by atoms with van der Waals surface area (Å²) in [4.78, 5) is 15.4. The zero-order valence-electron chi connectivity index (χ0n) is 27.2. The molecule has 0 unspecified atom stereocenters. The summed E-state index contributed by atoms with van der Waals surface area (Å²) in [5, 5.41) is 4.62. The van der Waals surface area contributed by atoms with E-state index in [0.29, 0.717) is 17.5 Å². The van der Waals surface area contributed by atoms with Crippen molar-refractivity contribution in [3.63, 3.8) is 0 Å². The fourth-order valence-electron chi connectivity index (χ4n) is 7.62. The minimum Gasteiger partial charge on any atom is -0.208 e. The average molecular weight is 616 g/mol. The van der Waals surface area contributed by atoms with E-state index in [0.717, 1.165) is 27.5 Å². The van der Waals surface area contributed by atoms with Gasteiger partial charge in [-0.2, -0.15) is 0 Å². The Kier molecular flexibility index (Phi) is 6.38. The number of nitrogens with zero attached hydrogens (tertiary/aromatic N) is 3. The summed E-state index contributed by atoms with van der Waals surface area (Å²) >= 11 is 0. The van der Waals surface area contributed by atoms with Gasteiger partial charge in [-0.3, -0.25) is 0 Å². The molecule has 7 aromatic carbocycles. The molecule has 1 aliphatic carbocycles. The molecule has 228 valence electrons. The molecule has 0 N–H and O–H groups in total. The molecule has 3 heteroatoms. The third kappa shape index (κ3) is 4.39. The lowest BCUT2D eigenvalue weighted by Gasteiger charge is -2.23. The van der Waals surface area contributed by atoms with Crippen molar-refractivity contribution in [2.45, 2.75) is 26.2 Å². The van der Waals surface area contributed by atoms with E-state index < -0.39 is 0 Å². The van der Waals surface area contributed by atoms with Crippen LogP contribution in [0.4, 0.5) is 0 Å². The molecule has 8 aromatic rings. The first-order valence-electron chi connectivity index (χ1n) is 16.5. The Hall–Kier alpha value is -5.93. The van der Waals surface area contributed by atoms with Crippen LogP contribution in [0.25, 0.3) is 78.0 Å². The van der Waals surface area contributed by atoms with Crippen molar-refractivity contribution in [1.29, 1.82) is 0 Å². The molecule has 48 heavy (non-hydrogen) atoms. The SMILES string of the molecule is Cc1ccc2c(-c3nc(-c4ccccc4)nc(-c4ccccc4)n3)c3ccccc3c(-c3ccc4c(c3)C(C)(C)c3ccccc3-4)c2c1. The van der Waals surface area contributed by atoms with E-state index in [-0.39, 0.29) is 5.41 Å². The van der Waals surface area contributed by atoms with Gasteiger partial charge in [0.05, 0.1) is 0 Å². The number of hydrogen-bond acceptors (Lipinski definition) is 3. The molecule has 1 aromatic heterocycles. The minimum absolute atomic E-state index is 0.0873. The van der Waals surface area contributed by atoms with Crippen LogP contribution in [0.15, 0.2) is 146 Å². The first-order valence-corrected chi connectivity index (χ1v) is 16.5. The summed E-state index contributed by atoms with van der Waals surface area (Å²) in [7, 11) is 0. The highest BCUT2D eigenvalue weighted by molar-refractivity contribution is 6.21. The van der Waals surface area contributed by atoms with Crippen molar-refractivity contribution in [3.8, 4) is 56.4 Å². The van der Waals surface area contributed by atoms with Crippen LogP contribution in [0.2, 0.25) is 0 Å². The number of aromatic nitrogens is 3. The number of benzene rings is 7. The number of hydrogen-bond donors (Lipinski definition) is 0. The lowest BCUT2D eigenvalue weighted by atomic mass is 9.80. The van der Waals surface area contributed by atoms with E-state index in [4.69, 9.17) is 15.0 Å². The van der Waals surface area contributed by atoms with Crippen LogP contribution in [-0.2, 0) is 5.41 Å². The number of aryl methyl sites for hydroxylation is 1. The Labute approximate surface area is 280 Å². The molecule has 0 atom stereocenters. The van der Waals surface area contributed by atoms with Crippen LogP contribution in [0.5, 0.6) is 0 Å². The van der Waals surface area contributed by atoms with E-state index >= 15 is 0 Å². The van der Waals surface area contributed by atoms with Gasteiger partial charge in [-0.1, -0.05) is 159 Å². The van der Waals surface area contributed by atoms with Gasteiger partial charge in [0.15, 0.2) is 17.5 Å². The van der Waals surface area contributed by atoms with Crippen molar-refractivity contribution in [2.75, 3.05) is 0 Å². The molecule has 0 aliphatic heterocycles. The largest absolute Gasteiger partial charge is 0.208 e. The van der Waals surface area contributed by atoms with Gasteiger partial charge in [-0.25, -0.2) is 15.0 Å². The predicted octanol–water partition coefficient (Wildman–Crippen LogP) is 11.5. The summed E-state index contributed by atoms with van der Waals surface area (Å²) in [6.07, 6.45) is 0. The van der Waals surface area contributed by atoms with Gasteiger partial charge >= 0.3 is 0 Å². The summed E-state index contributed by atoms with van der Waals surface area (Å²) in [5.74, 6) is 1.99. The van der Waals surface area contributed by atoms with E-state index in [9.17, 15) is 0 Å². The Balaban J connectivity index is 1.35. The summed E-state index contributed by atoms with van der Waals surface area (Å²) in [5.41, 5.74) is 11.9. The van der Waals surface area contributed by atoms with Gasteiger partial charge < -0.3 is 0 Å². The first kappa shape index (κ1) is 28.3. The third-order valence-electron chi connectivity index (χ3n) is 9.97. The molecule has 0 amide bonds. The monoisotopic (exact) mass is 615 g/mol. The second kappa shape index (κ2) is 10.8. The maximum Gasteiger partial charge on any atom is 0.165 e. The molecule has 1 heterocycles. The highest BCUT2D eigenvalue weighted by Crippen LogP contribution is 2.51. The van der Waals surface area contributed by atoms with E-state index in [1.165, 1.54) is 49.7 Å². The van der Waals surface area contributed by atoms with Crippen LogP contribution < -0.4 is 0 Å². The van der Waals surface area contributed by atoms with Gasteiger partial charge in [-0.05, 0) is 67.9 Å². The van der Waals surface area contributed by atoms with Crippen LogP contribution in [0.3, 0.4) is 0 Å². The number of rotatable bonds is 4. The summed E-state index contributed by atoms with van der Waals surface area (Å²) < 4.78 is 0. The Morgan fingerprint density at radius 2 is 0.938 bits per heavy atom. The normalized spacial score (nSPS) is 13.1. The molecule has 0 radical (unpaired) electrons. The van der Waals surface area contributed by atoms with E-state index in [1.807, 2.05) is 36.4 Å². The third-order valence-corrected chi connectivity index (χ3v) is 9.97. The standard InChI is InChI=1S/C45H33N3/c1-28-22-24-36-37(26-28)40(31-23-25-33-32-18-12-13-21-38(32)45(2,3)39(33)27-31)34-19-10-11-20-35(34)41(36)44-47-42(29-14-6-4-7-15-29)46-43(48-44)30-16-8-5-9-17-30/h4-27H,1-3H3. The van der Waals surface area contributed by atoms with Gasteiger partial charge in [-0.15, -0.1) is 0 Å². The van der Waals surface area contributed by atoms with Crippen LogP contribution in [-0.4, -0.2) is 15.0 Å². The second-order valence-corrected chi connectivity index (χ2v) is 13.3. The highest BCUT2D eigenvalue weighted by Gasteiger charge is 2.35. The second-order valence-electron chi connectivity index (χ2n) is 13.3. The quantitative estimate of drug-likeness (QED) is 0.185. The fraction of sp³-hybridized carbons (Fsp3) is 0.0889.